The van der Waals surface area contributed by atoms with Gasteiger partial charge >= 0.3 is 5.97 Å². The van der Waals surface area contributed by atoms with E-state index in [4.69, 9.17) is 33.0 Å². The maximum atomic E-state index is 10.7. The minimum absolute atomic E-state index is 0.298. The molecule has 0 aromatic heterocycles. The lowest BCUT2D eigenvalue weighted by atomic mass is 10.3. The molecule has 6 heteroatoms. The molecular weight excluding hydrogens is 271 g/mol. The number of methoxy groups -OCH3 is 1. The topological polar surface area (TPSA) is 46.5 Å². The minimum atomic E-state index is -0.895. The number of carboxylic acid groups (broad SMARTS) is 1. The van der Waals surface area contributed by atoms with Gasteiger partial charge in [0.15, 0.2) is 0 Å². The Morgan fingerprint density at radius 3 is 2.56 bits per heavy atom. The number of ether oxygens (including phenoxy) is 1. The van der Waals surface area contributed by atoms with Gasteiger partial charge in [0.2, 0.25) is 0 Å². The van der Waals surface area contributed by atoms with Crippen LogP contribution in [0, 0.1) is 0 Å². The van der Waals surface area contributed by atoms with Gasteiger partial charge in [-0.1, -0.05) is 23.2 Å². The van der Waals surface area contributed by atoms with E-state index >= 15 is 0 Å². The van der Waals surface area contributed by atoms with Crippen molar-refractivity contribution in [3.63, 3.8) is 0 Å². The Bertz CT molecular complexity index is 409. The van der Waals surface area contributed by atoms with E-state index in [1.807, 2.05) is 0 Å². The highest BCUT2D eigenvalue weighted by atomic mass is 35.5. The molecule has 0 saturated carbocycles. The fourth-order valence-corrected chi connectivity index (χ4v) is 2.43. The molecule has 0 saturated heterocycles. The minimum Gasteiger partial charge on any atom is -0.495 e. The summed E-state index contributed by atoms with van der Waals surface area (Å²) < 4.78 is 4.99. The first-order chi connectivity index (χ1) is 7.47. The number of halogens is 2. The summed E-state index contributed by atoms with van der Waals surface area (Å²) in [5.41, 5.74) is 0. The first-order valence-corrected chi connectivity index (χ1v) is 6.02. The van der Waals surface area contributed by atoms with Crippen molar-refractivity contribution in [2.45, 2.75) is 17.1 Å². The summed E-state index contributed by atoms with van der Waals surface area (Å²) in [7, 11) is 1.49. The van der Waals surface area contributed by atoms with Crippen molar-refractivity contribution in [1.82, 2.24) is 0 Å². The summed E-state index contributed by atoms with van der Waals surface area (Å²) in [5, 5.41) is 8.82. The van der Waals surface area contributed by atoms with Crippen LogP contribution in [0.15, 0.2) is 17.0 Å². The maximum absolute atomic E-state index is 10.7. The average Bonchev–Trinajstić information content (AvgIpc) is 2.25. The molecule has 0 amide bonds. The van der Waals surface area contributed by atoms with E-state index < -0.39 is 11.2 Å². The normalized spacial score (nSPS) is 12.2. The van der Waals surface area contributed by atoms with Gasteiger partial charge in [0.25, 0.3) is 0 Å². The van der Waals surface area contributed by atoms with Gasteiger partial charge in [-0.25, -0.2) is 0 Å². The molecular formula is C10H10Cl2O3S. The molecule has 0 radical (unpaired) electrons. The van der Waals surface area contributed by atoms with E-state index in [0.29, 0.717) is 20.7 Å². The van der Waals surface area contributed by atoms with E-state index in [2.05, 4.69) is 0 Å². The number of aliphatic carboxylic acids is 1. The molecule has 0 spiro atoms. The van der Waals surface area contributed by atoms with Crippen LogP contribution in [-0.4, -0.2) is 23.4 Å². The molecule has 88 valence electrons. The van der Waals surface area contributed by atoms with Gasteiger partial charge in [0, 0.05) is 4.90 Å². The van der Waals surface area contributed by atoms with Crippen molar-refractivity contribution in [3.05, 3.63) is 22.2 Å². The number of thioether (sulfide) groups is 1. The maximum Gasteiger partial charge on any atom is 0.316 e. The van der Waals surface area contributed by atoms with Gasteiger partial charge < -0.3 is 9.84 Å². The van der Waals surface area contributed by atoms with Crippen LogP contribution in [0.1, 0.15) is 6.92 Å². The molecule has 3 nitrogen and oxygen atoms in total. The quantitative estimate of drug-likeness (QED) is 0.857. The molecule has 1 aromatic rings. The lowest BCUT2D eigenvalue weighted by Crippen LogP contribution is -2.11. The second-order valence-corrected chi connectivity index (χ2v) is 5.13. The number of carboxylic acids is 1. The summed E-state index contributed by atoms with van der Waals surface area (Å²) >= 11 is 13.1. The zero-order valence-electron chi connectivity index (χ0n) is 8.66. The number of hydrogen-bond donors (Lipinski definition) is 1. The molecule has 0 aliphatic carbocycles. The molecule has 16 heavy (non-hydrogen) atoms. The summed E-state index contributed by atoms with van der Waals surface area (Å²) in [4.78, 5) is 11.3. The van der Waals surface area contributed by atoms with Crippen LogP contribution >= 0.6 is 35.0 Å². The van der Waals surface area contributed by atoms with Gasteiger partial charge in [-0.3, -0.25) is 4.79 Å². The van der Waals surface area contributed by atoms with E-state index in [1.165, 1.54) is 7.11 Å². The first kappa shape index (κ1) is 13.5. The van der Waals surface area contributed by atoms with Crippen LogP contribution in [0.2, 0.25) is 10.0 Å². The van der Waals surface area contributed by atoms with Crippen LogP contribution in [0.4, 0.5) is 0 Å². The molecule has 1 atom stereocenters. The van der Waals surface area contributed by atoms with Gasteiger partial charge in [-0.15, -0.1) is 11.8 Å². The fourth-order valence-electron chi connectivity index (χ4n) is 1.00. The van der Waals surface area contributed by atoms with Crippen LogP contribution in [0.25, 0.3) is 0 Å². The Morgan fingerprint density at radius 2 is 2.06 bits per heavy atom. The van der Waals surface area contributed by atoms with Crippen molar-refractivity contribution in [2.24, 2.45) is 0 Å². The third-order valence-electron chi connectivity index (χ3n) is 1.88. The Hall–Kier alpha value is -0.580. The third-order valence-corrected chi connectivity index (χ3v) is 4.01. The van der Waals surface area contributed by atoms with Crippen LogP contribution in [0.5, 0.6) is 5.75 Å². The van der Waals surface area contributed by atoms with E-state index in [9.17, 15) is 4.79 Å². The molecule has 0 bridgehead atoms. The number of benzene rings is 1. The standard InChI is InChI=1S/C10H10Cl2O3S/c1-5(10(13)14)16-7-4-3-6(15-2)8(11)9(7)12/h3-5H,1-2H3,(H,13,14)/t5-/m0/s1. The molecule has 0 unspecified atom stereocenters. The lowest BCUT2D eigenvalue weighted by molar-refractivity contribution is -0.136. The highest BCUT2D eigenvalue weighted by molar-refractivity contribution is 8.00. The van der Waals surface area contributed by atoms with E-state index in [1.54, 1.807) is 19.1 Å². The molecule has 1 N–H and O–H groups in total. The first-order valence-electron chi connectivity index (χ1n) is 4.38. The van der Waals surface area contributed by atoms with Crippen LogP contribution < -0.4 is 4.74 Å². The van der Waals surface area contributed by atoms with Gasteiger partial charge in [0.1, 0.15) is 16.0 Å². The van der Waals surface area contributed by atoms with Crippen molar-refractivity contribution in [3.8, 4) is 5.75 Å². The Morgan fingerprint density at radius 1 is 1.44 bits per heavy atom. The molecule has 0 heterocycles. The Labute approximate surface area is 108 Å². The van der Waals surface area contributed by atoms with Crippen LogP contribution in [0.3, 0.4) is 0 Å². The largest absolute Gasteiger partial charge is 0.495 e. The van der Waals surface area contributed by atoms with Gasteiger partial charge in [0.05, 0.1) is 12.1 Å². The highest BCUT2D eigenvalue weighted by Crippen LogP contribution is 2.40. The fraction of sp³-hybridized carbons (Fsp3) is 0.300. The lowest BCUT2D eigenvalue weighted by Gasteiger charge is -2.11. The molecule has 1 aromatic carbocycles. The molecule has 0 aliphatic heterocycles. The summed E-state index contributed by atoms with van der Waals surface area (Å²) in [6.45, 7) is 1.58. The zero-order chi connectivity index (χ0) is 12.3. The third kappa shape index (κ3) is 2.97. The van der Waals surface area contributed by atoms with Crippen molar-refractivity contribution in [1.29, 1.82) is 0 Å². The van der Waals surface area contributed by atoms with Crippen molar-refractivity contribution in [2.75, 3.05) is 7.11 Å². The molecule has 0 aliphatic rings. The number of hydrogen-bond acceptors (Lipinski definition) is 3. The van der Waals surface area contributed by atoms with E-state index in [0.717, 1.165) is 11.8 Å². The SMILES string of the molecule is COc1ccc(S[C@@H](C)C(=O)O)c(Cl)c1Cl. The summed E-state index contributed by atoms with van der Waals surface area (Å²) in [5.74, 6) is -0.424. The van der Waals surface area contributed by atoms with Crippen LogP contribution in [-0.2, 0) is 4.79 Å². The van der Waals surface area contributed by atoms with E-state index in [-0.39, 0.29) is 0 Å². The van der Waals surface area contributed by atoms with Crippen molar-refractivity contribution >= 4 is 40.9 Å². The molecule has 1 rings (SSSR count). The highest BCUT2D eigenvalue weighted by Gasteiger charge is 2.17. The zero-order valence-corrected chi connectivity index (χ0v) is 11.0. The number of rotatable bonds is 4. The number of carbonyl (C=O) groups is 1. The smallest absolute Gasteiger partial charge is 0.316 e. The second kappa shape index (κ2) is 5.66. The van der Waals surface area contributed by atoms with Crippen molar-refractivity contribution < 1.29 is 14.6 Å². The second-order valence-electron chi connectivity index (χ2n) is 2.99. The predicted molar refractivity (Wildman–Crippen MR) is 66.0 cm³/mol. The predicted octanol–water partition coefficient (Wildman–Crippen LogP) is 3.57. The molecule has 0 fully saturated rings. The average molecular weight is 281 g/mol. The Kier molecular flexibility index (Phi) is 4.77. The van der Waals surface area contributed by atoms with Gasteiger partial charge in [-0.2, -0.15) is 0 Å². The summed E-state index contributed by atoms with van der Waals surface area (Å²) in [6, 6.07) is 3.35. The Balaban J connectivity index is 2.99. The summed E-state index contributed by atoms with van der Waals surface area (Å²) in [6.07, 6.45) is 0. The van der Waals surface area contributed by atoms with Gasteiger partial charge in [-0.05, 0) is 19.1 Å². The monoisotopic (exact) mass is 280 g/mol.